The van der Waals surface area contributed by atoms with Crippen LogP contribution in [0.2, 0.25) is 0 Å². The van der Waals surface area contributed by atoms with Crippen molar-refractivity contribution in [1.29, 1.82) is 0 Å². The fourth-order valence-corrected chi connectivity index (χ4v) is 1.92. The number of ether oxygens (including phenoxy) is 2. The van der Waals surface area contributed by atoms with Gasteiger partial charge in [-0.3, -0.25) is 0 Å². The summed E-state index contributed by atoms with van der Waals surface area (Å²) in [6, 6.07) is 3.38. The Kier molecular flexibility index (Phi) is 6.49. The second-order valence-corrected chi connectivity index (χ2v) is 5.19. The van der Waals surface area contributed by atoms with E-state index in [1.54, 1.807) is 18.2 Å². The highest BCUT2D eigenvalue weighted by Crippen LogP contribution is 2.28. The number of amides is 2. The highest BCUT2D eigenvalue weighted by Gasteiger charge is 2.21. The Hall–Kier alpha value is -2.44. The summed E-state index contributed by atoms with van der Waals surface area (Å²) in [6.45, 7) is 3.78. The molecule has 0 spiro atoms. The van der Waals surface area contributed by atoms with Crippen molar-refractivity contribution in [3.05, 3.63) is 18.2 Å². The number of carbonyl (C=O) groups is 2. The van der Waals surface area contributed by atoms with Crippen molar-refractivity contribution in [2.75, 3.05) is 19.5 Å². The van der Waals surface area contributed by atoms with Crippen LogP contribution in [0, 0.1) is 5.92 Å². The molecule has 0 aromatic heterocycles. The van der Waals surface area contributed by atoms with Crippen molar-refractivity contribution in [1.82, 2.24) is 5.32 Å². The van der Waals surface area contributed by atoms with E-state index < -0.39 is 18.0 Å². The summed E-state index contributed by atoms with van der Waals surface area (Å²) in [4.78, 5) is 23.2. The van der Waals surface area contributed by atoms with Gasteiger partial charge in [0.15, 0.2) is 0 Å². The summed E-state index contributed by atoms with van der Waals surface area (Å²) in [5.41, 5.74) is 0.396. The largest absolute Gasteiger partial charge is 0.497 e. The fraction of sp³-hybridized carbons (Fsp3) is 0.467. The topological polar surface area (TPSA) is 96.9 Å². The van der Waals surface area contributed by atoms with Crippen LogP contribution in [0.1, 0.15) is 20.3 Å². The molecule has 0 aliphatic rings. The van der Waals surface area contributed by atoms with Crippen LogP contribution in [0.15, 0.2) is 18.2 Å². The number of carbonyl (C=O) groups excluding carboxylic acids is 1. The molecule has 0 fully saturated rings. The highest BCUT2D eigenvalue weighted by molar-refractivity contribution is 5.93. The SMILES string of the molecule is COc1ccc(OC)c(NC(=O)NC(CC(C)C)C(=O)O)c1. The van der Waals surface area contributed by atoms with Gasteiger partial charge in [0.25, 0.3) is 0 Å². The number of carboxylic acid groups (broad SMARTS) is 1. The first kappa shape index (κ1) is 17.6. The maximum Gasteiger partial charge on any atom is 0.326 e. The average Bonchev–Trinajstić information content (AvgIpc) is 2.45. The molecule has 3 N–H and O–H groups in total. The number of nitrogens with one attached hydrogen (secondary N) is 2. The Labute approximate surface area is 129 Å². The van der Waals surface area contributed by atoms with Gasteiger partial charge in [0.1, 0.15) is 17.5 Å². The predicted molar refractivity (Wildman–Crippen MR) is 82.6 cm³/mol. The smallest absolute Gasteiger partial charge is 0.326 e. The minimum absolute atomic E-state index is 0.146. The van der Waals surface area contributed by atoms with Gasteiger partial charge in [0, 0.05) is 6.07 Å². The minimum Gasteiger partial charge on any atom is -0.497 e. The lowest BCUT2D eigenvalue weighted by Crippen LogP contribution is -2.43. The lowest BCUT2D eigenvalue weighted by atomic mass is 10.0. The molecule has 0 heterocycles. The van der Waals surface area contributed by atoms with E-state index in [0.29, 0.717) is 23.6 Å². The molecule has 7 nitrogen and oxygen atoms in total. The van der Waals surface area contributed by atoms with Crippen LogP contribution >= 0.6 is 0 Å². The first-order valence-electron chi connectivity index (χ1n) is 6.89. The second kappa shape index (κ2) is 8.11. The Bertz CT molecular complexity index is 531. The zero-order chi connectivity index (χ0) is 16.7. The monoisotopic (exact) mass is 310 g/mol. The number of aliphatic carboxylic acids is 1. The number of rotatable bonds is 7. The molecule has 0 saturated heterocycles. The van der Waals surface area contributed by atoms with Crippen LogP contribution in [0.4, 0.5) is 10.5 Å². The summed E-state index contributed by atoms with van der Waals surface area (Å²) in [5, 5.41) is 14.1. The summed E-state index contributed by atoms with van der Waals surface area (Å²) >= 11 is 0. The molecular formula is C15H22N2O5. The van der Waals surface area contributed by atoms with E-state index in [0.717, 1.165) is 0 Å². The number of carboxylic acids is 1. The summed E-state index contributed by atoms with van der Waals surface area (Å²) in [5.74, 6) is 0.0777. The van der Waals surface area contributed by atoms with E-state index in [1.165, 1.54) is 14.2 Å². The summed E-state index contributed by atoms with van der Waals surface area (Å²) in [6.07, 6.45) is 0.345. The van der Waals surface area contributed by atoms with Gasteiger partial charge in [-0.05, 0) is 24.5 Å². The van der Waals surface area contributed by atoms with Gasteiger partial charge in [0.05, 0.1) is 19.9 Å². The number of methoxy groups -OCH3 is 2. The van der Waals surface area contributed by atoms with Crippen LogP contribution in [0.25, 0.3) is 0 Å². The van der Waals surface area contributed by atoms with E-state index in [1.807, 2.05) is 13.8 Å². The van der Waals surface area contributed by atoms with Crippen LogP contribution in [-0.4, -0.2) is 37.4 Å². The third kappa shape index (κ3) is 5.16. The lowest BCUT2D eigenvalue weighted by Gasteiger charge is -2.18. The third-order valence-electron chi connectivity index (χ3n) is 2.97. The van der Waals surface area contributed by atoms with Crippen LogP contribution < -0.4 is 20.1 Å². The number of hydrogen-bond donors (Lipinski definition) is 3. The van der Waals surface area contributed by atoms with E-state index in [4.69, 9.17) is 14.6 Å². The molecule has 1 atom stereocenters. The van der Waals surface area contributed by atoms with Gasteiger partial charge in [0.2, 0.25) is 0 Å². The van der Waals surface area contributed by atoms with Gasteiger partial charge in [-0.2, -0.15) is 0 Å². The van der Waals surface area contributed by atoms with E-state index in [-0.39, 0.29) is 5.92 Å². The normalized spacial score (nSPS) is 11.7. The third-order valence-corrected chi connectivity index (χ3v) is 2.97. The molecule has 2 amide bonds. The zero-order valence-corrected chi connectivity index (χ0v) is 13.2. The van der Waals surface area contributed by atoms with Crippen molar-refractivity contribution in [2.45, 2.75) is 26.3 Å². The maximum atomic E-state index is 12.0. The Balaban J connectivity index is 2.81. The summed E-state index contributed by atoms with van der Waals surface area (Å²) in [7, 11) is 2.98. The molecule has 0 aliphatic heterocycles. The maximum absolute atomic E-state index is 12.0. The van der Waals surface area contributed by atoms with Crippen molar-refractivity contribution >= 4 is 17.7 Å². The number of hydrogen-bond acceptors (Lipinski definition) is 4. The standard InChI is InChI=1S/C15H22N2O5/c1-9(2)7-12(14(18)19)17-15(20)16-11-8-10(21-3)5-6-13(11)22-4/h5-6,8-9,12H,7H2,1-4H3,(H,18,19)(H2,16,17,20). The van der Waals surface area contributed by atoms with Crippen molar-refractivity contribution in [3.8, 4) is 11.5 Å². The van der Waals surface area contributed by atoms with Crippen LogP contribution in [-0.2, 0) is 4.79 Å². The lowest BCUT2D eigenvalue weighted by molar-refractivity contribution is -0.139. The van der Waals surface area contributed by atoms with Gasteiger partial charge >= 0.3 is 12.0 Å². The zero-order valence-electron chi connectivity index (χ0n) is 13.2. The number of benzene rings is 1. The van der Waals surface area contributed by atoms with Crippen molar-refractivity contribution in [2.24, 2.45) is 5.92 Å². The van der Waals surface area contributed by atoms with Crippen molar-refractivity contribution < 1.29 is 24.2 Å². The number of anilines is 1. The Morgan fingerprint density at radius 1 is 1.23 bits per heavy atom. The Morgan fingerprint density at radius 3 is 2.41 bits per heavy atom. The van der Waals surface area contributed by atoms with Crippen LogP contribution in [0.5, 0.6) is 11.5 Å². The molecule has 7 heteroatoms. The van der Waals surface area contributed by atoms with Gasteiger partial charge in [-0.15, -0.1) is 0 Å². The molecule has 0 saturated carbocycles. The molecule has 0 radical (unpaired) electrons. The van der Waals surface area contributed by atoms with E-state index in [9.17, 15) is 9.59 Å². The summed E-state index contributed by atoms with van der Waals surface area (Å²) < 4.78 is 10.2. The van der Waals surface area contributed by atoms with Crippen molar-refractivity contribution in [3.63, 3.8) is 0 Å². The van der Waals surface area contributed by atoms with Gasteiger partial charge in [-0.1, -0.05) is 13.8 Å². The second-order valence-electron chi connectivity index (χ2n) is 5.19. The molecule has 0 bridgehead atoms. The molecule has 1 aromatic carbocycles. The quantitative estimate of drug-likeness (QED) is 0.718. The van der Waals surface area contributed by atoms with E-state index >= 15 is 0 Å². The minimum atomic E-state index is -1.07. The van der Waals surface area contributed by atoms with Gasteiger partial charge in [-0.25, -0.2) is 9.59 Å². The molecule has 122 valence electrons. The first-order valence-corrected chi connectivity index (χ1v) is 6.89. The first-order chi connectivity index (χ1) is 10.4. The molecule has 22 heavy (non-hydrogen) atoms. The molecular weight excluding hydrogens is 288 g/mol. The molecule has 0 aliphatic carbocycles. The molecule has 1 rings (SSSR count). The van der Waals surface area contributed by atoms with Gasteiger partial charge < -0.3 is 25.2 Å². The predicted octanol–water partition coefficient (Wildman–Crippen LogP) is 2.32. The fourth-order valence-electron chi connectivity index (χ4n) is 1.92. The average molecular weight is 310 g/mol. The highest BCUT2D eigenvalue weighted by atomic mass is 16.5. The van der Waals surface area contributed by atoms with E-state index in [2.05, 4.69) is 10.6 Å². The molecule has 1 aromatic rings. The molecule has 1 unspecified atom stereocenters. The Morgan fingerprint density at radius 2 is 1.91 bits per heavy atom. The van der Waals surface area contributed by atoms with Crippen LogP contribution in [0.3, 0.4) is 0 Å². The number of urea groups is 1.